The Kier molecular flexibility index (Phi) is 2.45. The molecule has 3 heteroatoms. The van der Waals surface area contributed by atoms with Crippen LogP contribution in [-0.2, 0) is 0 Å². The Morgan fingerprint density at radius 3 is 3.00 bits per heavy atom. The first-order valence-corrected chi connectivity index (χ1v) is 5.50. The Morgan fingerprint density at radius 1 is 1.54 bits per heavy atom. The summed E-state index contributed by atoms with van der Waals surface area (Å²) in [5, 5.41) is 0. The predicted molar refractivity (Wildman–Crippen MR) is 58.0 cm³/mol. The Labute approximate surface area is 90.4 Å². The lowest BCUT2D eigenvalue weighted by Crippen LogP contribution is -2.13. The molecule has 0 fully saturated rings. The van der Waals surface area contributed by atoms with Crippen molar-refractivity contribution in [2.75, 3.05) is 6.61 Å². The van der Waals surface area contributed by atoms with Gasteiger partial charge in [0.05, 0.1) is 6.61 Å². The van der Waals surface area contributed by atoms with E-state index in [1.165, 1.54) is 6.07 Å². The molecular formula is C10H10FIO. The molecule has 0 spiro atoms. The molecule has 0 saturated heterocycles. The average Bonchev–Trinajstić information content (AvgIpc) is 2.12. The van der Waals surface area contributed by atoms with Gasteiger partial charge in [-0.2, -0.15) is 0 Å². The van der Waals surface area contributed by atoms with Gasteiger partial charge in [-0.25, -0.2) is 4.39 Å². The van der Waals surface area contributed by atoms with Crippen molar-refractivity contribution in [3.63, 3.8) is 0 Å². The van der Waals surface area contributed by atoms with Gasteiger partial charge in [-0.15, -0.1) is 0 Å². The van der Waals surface area contributed by atoms with Gasteiger partial charge in [0, 0.05) is 9.49 Å². The maximum Gasteiger partial charge on any atom is 0.131 e. The minimum Gasteiger partial charge on any atom is -0.493 e. The molecule has 0 bridgehead atoms. The molecular weight excluding hydrogens is 282 g/mol. The van der Waals surface area contributed by atoms with Crippen LogP contribution in [0.25, 0.3) is 0 Å². The highest BCUT2D eigenvalue weighted by Crippen LogP contribution is 2.41. The zero-order valence-corrected chi connectivity index (χ0v) is 9.47. The van der Waals surface area contributed by atoms with Crippen molar-refractivity contribution in [1.29, 1.82) is 0 Å². The van der Waals surface area contributed by atoms with Crippen LogP contribution >= 0.6 is 22.6 Å². The minimum absolute atomic E-state index is 0.139. The van der Waals surface area contributed by atoms with Crippen LogP contribution in [0.3, 0.4) is 0 Å². The van der Waals surface area contributed by atoms with Crippen LogP contribution in [0.1, 0.15) is 21.5 Å². The average molecular weight is 292 g/mol. The third-order valence-electron chi connectivity index (χ3n) is 2.27. The quantitative estimate of drug-likeness (QED) is 0.526. The number of benzene rings is 1. The molecule has 1 aliphatic rings. The fraction of sp³-hybridized carbons (Fsp3) is 0.400. The van der Waals surface area contributed by atoms with Crippen molar-refractivity contribution >= 4 is 22.6 Å². The molecule has 1 atom stereocenters. The van der Waals surface area contributed by atoms with E-state index in [1.807, 2.05) is 6.92 Å². The normalized spacial score (nSPS) is 20.7. The molecule has 0 radical (unpaired) electrons. The number of hydrogen-bond donors (Lipinski definition) is 0. The molecule has 1 nitrogen and oxygen atoms in total. The predicted octanol–water partition coefficient (Wildman–Crippen LogP) is 3.39. The first-order chi connectivity index (χ1) is 6.20. The molecule has 1 aliphatic heterocycles. The Bertz CT molecular complexity index is 338. The van der Waals surface area contributed by atoms with E-state index in [0.29, 0.717) is 6.61 Å². The zero-order valence-electron chi connectivity index (χ0n) is 7.31. The number of aryl methyl sites for hydroxylation is 1. The van der Waals surface area contributed by atoms with Gasteiger partial charge in [0.25, 0.3) is 0 Å². The van der Waals surface area contributed by atoms with Crippen LogP contribution < -0.4 is 4.74 Å². The molecule has 1 aromatic rings. The van der Waals surface area contributed by atoms with Crippen molar-refractivity contribution in [3.05, 3.63) is 29.1 Å². The number of rotatable bonds is 0. The fourth-order valence-electron chi connectivity index (χ4n) is 1.58. The lowest BCUT2D eigenvalue weighted by atomic mass is 10.0. The second kappa shape index (κ2) is 3.44. The van der Waals surface area contributed by atoms with E-state index in [2.05, 4.69) is 22.6 Å². The van der Waals surface area contributed by atoms with Crippen LogP contribution in [0.15, 0.2) is 12.1 Å². The first kappa shape index (κ1) is 9.24. The Morgan fingerprint density at radius 2 is 2.31 bits per heavy atom. The highest BCUT2D eigenvalue weighted by Gasteiger charge is 2.23. The molecule has 0 aromatic heterocycles. The van der Waals surface area contributed by atoms with E-state index >= 15 is 0 Å². The Balaban J connectivity index is 2.60. The lowest BCUT2D eigenvalue weighted by Gasteiger charge is -2.23. The van der Waals surface area contributed by atoms with Crippen LogP contribution in [0, 0.1) is 12.7 Å². The maximum atomic E-state index is 13.4. The molecule has 0 saturated carbocycles. The van der Waals surface area contributed by atoms with E-state index in [0.717, 1.165) is 23.3 Å². The molecule has 13 heavy (non-hydrogen) atoms. The summed E-state index contributed by atoms with van der Waals surface area (Å²) in [6, 6.07) is 3.29. The summed E-state index contributed by atoms with van der Waals surface area (Å²) in [6.45, 7) is 2.65. The molecule has 1 unspecified atom stereocenters. The van der Waals surface area contributed by atoms with Gasteiger partial charge < -0.3 is 4.74 Å². The van der Waals surface area contributed by atoms with E-state index in [9.17, 15) is 4.39 Å². The highest BCUT2D eigenvalue weighted by atomic mass is 127. The van der Waals surface area contributed by atoms with Crippen LogP contribution in [0.4, 0.5) is 4.39 Å². The summed E-state index contributed by atoms with van der Waals surface area (Å²) in [5.74, 6) is 0.616. The van der Waals surface area contributed by atoms with Gasteiger partial charge in [0.2, 0.25) is 0 Å². The summed E-state index contributed by atoms with van der Waals surface area (Å²) in [6.07, 6.45) is 0.897. The van der Waals surface area contributed by atoms with Gasteiger partial charge in [0.15, 0.2) is 0 Å². The number of ether oxygens (including phenoxy) is 1. The molecule has 1 heterocycles. The van der Waals surface area contributed by atoms with Crippen molar-refractivity contribution in [1.82, 2.24) is 0 Å². The second-order valence-corrected chi connectivity index (χ2v) is 4.72. The molecule has 70 valence electrons. The Hall–Kier alpha value is -0.320. The second-order valence-electron chi connectivity index (χ2n) is 3.21. The standard InChI is InChI=1S/C10H10FIO/c1-6-2-3-7(11)9-8(12)4-5-13-10(6)9/h2-3,8H,4-5H2,1H3. The number of alkyl halides is 1. The minimum atomic E-state index is -0.139. The molecule has 0 amide bonds. The molecule has 0 N–H and O–H groups in total. The molecule has 1 aromatic carbocycles. The fourth-order valence-corrected chi connectivity index (χ4v) is 2.41. The smallest absolute Gasteiger partial charge is 0.131 e. The van der Waals surface area contributed by atoms with Gasteiger partial charge in [-0.1, -0.05) is 28.7 Å². The topological polar surface area (TPSA) is 9.23 Å². The van der Waals surface area contributed by atoms with E-state index in [4.69, 9.17) is 4.74 Å². The molecule has 2 rings (SSSR count). The summed E-state index contributed by atoms with van der Waals surface area (Å²) < 4.78 is 19.1. The lowest BCUT2D eigenvalue weighted by molar-refractivity contribution is 0.282. The van der Waals surface area contributed by atoms with E-state index in [1.54, 1.807) is 6.07 Å². The summed E-state index contributed by atoms with van der Waals surface area (Å²) in [4.78, 5) is 0. The summed E-state index contributed by atoms with van der Waals surface area (Å²) in [7, 11) is 0. The highest BCUT2D eigenvalue weighted by molar-refractivity contribution is 14.1. The summed E-state index contributed by atoms with van der Waals surface area (Å²) >= 11 is 2.27. The molecule has 0 aliphatic carbocycles. The van der Waals surface area contributed by atoms with E-state index in [-0.39, 0.29) is 9.74 Å². The van der Waals surface area contributed by atoms with Crippen LogP contribution in [0.2, 0.25) is 0 Å². The maximum absolute atomic E-state index is 13.4. The van der Waals surface area contributed by atoms with Crippen molar-refractivity contribution in [2.45, 2.75) is 17.3 Å². The monoisotopic (exact) mass is 292 g/mol. The van der Waals surface area contributed by atoms with Crippen molar-refractivity contribution in [2.24, 2.45) is 0 Å². The summed E-state index contributed by atoms with van der Waals surface area (Å²) in [5.41, 5.74) is 1.77. The van der Waals surface area contributed by atoms with Gasteiger partial charge in [-0.05, 0) is 25.0 Å². The van der Waals surface area contributed by atoms with Crippen LogP contribution in [0.5, 0.6) is 5.75 Å². The third-order valence-corrected chi connectivity index (χ3v) is 3.52. The van der Waals surface area contributed by atoms with Crippen molar-refractivity contribution in [3.8, 4) is 5.75 Å². The zero-order chi connectivity index (χ0) is 9.42. The SMILES string of the molecule is Cc1ccc(F)c2c1OCCC2I. The van der Waals surface area contributed by atoms with Crippen molar-refractivity contribution < 1.29 is 9.13 Å². The number of fused-ring (bicyclic) bond motifs is 1. The van der Waals surface area contributed by atoms with Gasteiger partial charge in [0.1, 0.15) is 11.6 Å². The number of hydrogen-bond acceptors (Lipinski definition) is 1. The van der Waals surface area contributed by atoms with Crippen LogP contribution in [-0.4, -0.2) is 6.61 Å². The van der Waals surface area contributed by atoms with Gasteiger partial charge >= 0.3 is 0 Å². The number of halogens is 2. The first-order valence-electron chi connectivity index (χ1n) is 4.26. The van der Waals surface area contributed by atoms with E-state index < -0.39 is 0 Å². The third kappa shape index (κ3) is 1.54. The van der Waals surface area contributed by atoms with Gasteiger partial charge in [-0.3, -0.25) is 0 Å². The largest absolute Gasteiger partial charge is 0.493 e.